The third-order valence-electron chi connectivity index (χ3n) is 1.71. The van der Waals surface area contributed by atoms with Gasteiger partial charge in [0.15, 0.2) is 5.82 Å². The number of rotatable bonds is 3. The Kier molecular flexibility index (Phi) is 3.46. The molecule has 0 amide bonds. The number of Topliss-reactive ketones (excluding diaryl/α,β-unsaturated/α-hetero) is 1. The number of nitrogens with zero attached hydrogens (tertiary/aromatic N) is 1. The molecular formula is C9H5F2NO5. The average molecular weight is 245 g/mol. The molecule has 1 aromatic carbocycles. The molecule has 0 aliphatic heterocycles. The fraction of sp³-hybridized carbons (Fsp3) is 0.111. The van der Waals surface area contributed by atoms with Crippen LogP contribution in [0, 0.1) is 21.7 Å². The molecule has 1 rings (SSSR count). The highest BCUT2D eigenvalue weighted by Crippen LogP contribution is 2.31. The number of nitro groups is 1. The molecule has 0 atom stereocenters. The first kappa shape index (κ1) is 12.7. The maximum atomic E-state index is 13.2. The van der Waals surface area contributed by atoms with E-state index in [4.69, 9.17) is 0 Å². The molecule has 6 nitrogen and oxygen atoms in total. The van der Waals surface area contributed by atoms with Gasteiger partial charge in [-0.05, 0) is 6.07 Å². The van der Waals surface area contributed by atoms with Crippen molar-refractivity contribution in [3.8, 4) is 5.75 Å². The third kappa shape index (κ3) is 2.60. The monoisotopic (exact) mass is 245 g/mol. The van der Waals surface area contributed by atoms with Crippen LogP contribution in [0.2, 0.25) is 0 Å². The summed E-state index contributed by atoms with van der Waals surface area (Å²) in [5.74, 6) is -6.95. The summed E-state index contributed by atoms with van der Waals surface area (Å²) in [6, 6.07) is 1.14. The largest absolute Gasteiger partial charge is 0.410 e. The number of hydrogen-bond donors (Lipinski definition) is 0. The Morgan fingerprint density at radius 2 is 1.94 bits per heavy atom. The maximum Gasteiger partial charge on any atom is 0.380 e. The number of hydrogen-bond acceptors (Lipinski definition) is 5. The lowest BCUT2D eigenvalue weighted by Gasteiger charge is -2.04. The second-order valence-corrected chi connectivity index (χ2v) is 2.91. The number of ether oxygens (including phenoxy) is 1. The zero-order valence-electron chi connectivity index (χ0n) is 8.40. The lowest BCUT2D eigenvalue weighted by molar-refractivity contribution is -0.385. The zero-order chi connectivity index (χ0) is 13.2. The molecule has 0 heterocycles. The van der Waals surface area contributed by atoms with Crippen molar-refractivity contribution in [3.63, 3.8) is 0 Å². The first-order chi connectivity index (χ1) is 7.84. The molecule has 90 valence electrons. The van der Waals surface area contributed by atoms with E-state index in [-0.39, 0.29) is 0 Å². The minimum atomic E-state index is -1.70. The summed E-state index contributed by atoms with van der Waals surface area (Å²) in [6.45, 7) is 0.825. The standard InChI is InChI=1S/C9H5F2NO5/c1-4(13)9(14)17-8-6(12(15)16)3-2-5(10)7(8)11/h2-3H,1H3. The fourth-order valence-electron chi connectivity index (χ4n) is 0.927. The van der Waals surface area contributed by atoms with Crippen molar-refractivity contribution in [1.82, 2.24) is 0 Å². The summed E-state index contributed by atoms with van der Waals surface area (Å²) in [7, 11) is 0. The Morgan fingerprint density at radius 3 is 2.41 bits per heavy atom. The van der Waals surface area contributed by atoms with E-state index in [1.807, 2.05) is 0 Å². The molecule has 0 spiro atoms. The van der Waals surface area contributed by atoms with Gasteiger partial charge in [-0.25, -0.2) is 9.18 Å². The minimum absolute atomic E-state index is 0.512. The van der Waals surface area contributed by atoms with Gasteiger partial charge in [0.1, 0.15) is 0 Å². The van der Waals surface area contributed by atoms with Gasteiger partial charge in [-0.15, -0.1) is 0 Å². The van der Waals surface area contributed by atoms with Crippen LogP contribution in [0.15, 0.2) is 12.1 Å². The highest BCUT2D eigenvalue weighted by molar-refractivity contribution is 6.33. The zero-order valence-corrected chi connectivity index (χ0v) is 8.40. The third-order valence-corrected chi connectivity index (χ3v) is 1.71. The molecule has 8 heteroatoms. The van der Waals surface area contributed by atoms with E-state index in [2.05, 4.69) is 4.74 Å². The molecule has 0 radical (unpaired) electrons. The van der Waals surface area contributed by atoms with E-state index in [0.717, 1.165) is 6.92 Å². The van der Waals surface area contributed by atoms with Crippen LogP contribution in [-0.4, -0.2) is 16.7 Å². The van der Waals surface area contributed by atoms with Crippen molar-refractivity contribution in [1.29, 1.82) is 0 Å². The van der Waals surface area contributed by atoms with Gasteiger partial charge in [-0.1, -0.05) is 0 Å². The molecule has 0 N–H and O–H groups in total. The van der Waals surface area contributed by atoms with Gasteiger partial charge in [-0.2, -0.15) is 4.39 Å². The molecular weight excluding hydrogens is 240 g/mol. The van der Waals surface area contributed by atoms with Crippen LogP contribution in [0.1, 0.15) is 6.92 Å². The molecule has 1 aromatic rings. The Bertz CT molecular complexity index is 514. The topological polar surface area (TPSA) is 86.5 Å². The van der Waals surface area contributed by atoms with Crippen molar-refractivity contribution in [2.75, 3.05) is 0 Å². The van der Waals surface area contributed by atoms with Crippen LogP contribution in [0.5, 0.6) is 5.75 Å². The molecule has 0 aliphatic rings. The molecule has 0 aromatic heterocycles. The van der Waals surface area contributed by atoms with E-state index < -0.39 is 39.7 Å². The smallest absolute Gasteiger partial charge is 0.380 e. The Labute approximate surface area is 92.9 Å². The van der Waals surface area contributed by atoms with Crippen LogP contribution in [0.3, 0.4) is 0 Å². The number of nitro benzene ring substituents is 1. The van der Waals surface area contributed by atoms with Crippen molar-refractivity contribution in [2.24, 2.45) is 0 Å². The highest BCUT2D eigenvalue weighted by Gasteiger charge is 2.26. The van der Waals surface area contributed by atoms with Crippen LogP contribution in [0.4, 0.5) is 14.5 Å². The van der Waals surface area contributed by atoms with Gasteiger partial charge >= 0.3 is 11.7 Å². The summed E-state index contributed by atoms with van der Waals surface area (Å²) in [6.07, 6.45) is 0. The van der Waals surface area contributed by atoms with E-state index in [1.54, 1.807) is 0 Å². The van der Waals surface area contributed by atoms with Crippen molar-refractivity contribution >= 4 is 17.4 Å². The summed E-state index contributed by atoms with van der Waals surface area (Å²) in [5.41, 5.74) is -0.946. The van der Waals surface area contributed by atoms with Gasteiger partial charge in [0.25, 0.3) is 0 Å². The Balaban J connectivity index is 3.28. The minimum Gasteiger partial charge on any atom is -0.410 e. The number of halogens is 2. The Morgan fingerprint density at radius 1 is 1.35 bits per heavy atom. The molecule has 0 bridgehead atoms. The van der Waals surface area contributed by atoms with Gasteiger partial charge < -0.3 is 4.74 Å². The van der Waals surface area contributed by atoms with Crippen LogP contribution in [0.25, 0.3) is 0 Å². The summed E-state index contributed by atoms with van der Waals surface area (Å²) in [4.78, 5) is 30.8. The number of carbonyl (C=O) groups excluding carboxylic acids is 2. The van der Waals surface area contributed by atoms with E-state index in [1.165, 1.54) is 0 Å². The van der Waals surface area contributed by atoms with Gasteiger partial charge in [0, 0.05) is 13.0 Å². The van der Waals surface area contributed by atoms with Crippen LogP contribution < -0.4 is 4.74 Å². The van der Waals surface area contributed by atoms with Gasteiger partial charge in [-0.3, -0.25) is 14.9 Å². The van der Waals surface area contributed by atoms with Crippen molar-refractivity contribution < 1.29 is 28.0 Å². The summed E-state index contributed by atoms with van der Waals surface area (Å²) in [5, 5.41) is 10.5. The first-order valence-corrected chi connectivity index (χ1v) is 4.19. The average Bonchev–Trinajstić information content (AvgIpc) is 2.24. The number of esters is 1. The fourth-order valence-corrected chi connectivity index (χ4v) is 0.927. The van der Waals surface area contributed by atoms with E-state index >= 15 is 0 Å². The summed E-state index contributed by atoms with van der Waals surface area (Å²) < 4.78 is 30.1. The van der Waals surface area contributed by atoms with Gasteiger partial charge in [0.05, 0.1) is 4.92 Å². The number of ketones is 1. The predicted octanol–water partition coefficient (Wildman–Crippen LogP) is 1.37. The lowest BCUT2D eigenvalue weighted by atomic mass is 10.2. The number of benzene rings is 1. The molecule has 0 saturated heterocycles. The normalized spacial score (nSPS) is 9.82. The number of carbonyl (C=O) groups is 2. The highest BCUT2D eigenvalue weighted by atomic mass is 19.2. The van der Waals surface area contributed by atoms with E-state index in [0.29, 0.717) is 12.1 Å². The molecule has 0 unspecified atom stereocenters. The maximum absolute atomic E-state index is 13.2. The second kappa shape index (κ2) is 4.64. The molecule has 0 fully saturated rings. The van der Waals surface area contributed by atoms with Crippen molar-refractivity contribution in [3.05, 3.63) is 33.9 Å². The molecule has 0 saturated carbocycles. The molecule has 0 aliphatic carbocycles. The first-order valence-electron chi connectivity index (χ1n) is 4.19. The van der Waals surface area contributed by atoms with Crippen LogP contribution in [-0.2, 0) is 9.59 Å². The van der Waals surface area contributed by atoms with Crippen molar-refractivity contribution in [2.45, 2.75) is 6.92 Å². The SMILES string of the molecule is CC(=O)C(=O)Oc1c([N+](=O)[O-])ccc(F)c1F. The predicted molar refractivity (Wildman–Crippen MR) is 49.3 cm³/mol. The molecule has 17 heavy (non-hydrogen) atoms. The quantitative estimate of drug-likeness (QED) is 0.264. The lowest BCUT2D eigenvalue weighted by Crippen LogP contribution is -2.18. The second-order valence-electron chi connectivity index (χ2n) is 2.91. The van der Waals surface area contributed by atoms with Crippen LogP contribution >= 0.6 is 0 Å². The van der Waals surface area contributed by atoms with E-state index in [9.17, 15) is 28.5 Å². The summed E-state index contributed by atoms with van der Waals surface area (Å²) >= 11 is 0. The Hall–Kier alpha value is -2.38. The van der Waals surface area contributed by atoms with Gasteiger partial charge in [0.2, 0.25) is 17.3 Å².